The van der Waals surface area contributed by atoms with E-state index in [0.29, 0.717) is 5.92 Å². The predicted molar refractivity (Wildman–Crippen MR) is 56.5 cm³/mol. The molecule has 0 aliphatic heterocycles. The fourth-order valence-electron chi connectivity index (χ4n) is 2.04. The van der Waals surface area contributed by atoms with Crippen LogP contribution in [-0.2, 0) is 0 Å². The van der Waals surface area contributed by atoms with E-state index in [9.17, 15) is 5.11 Å². The van der Waals surface area contributed by atoms with Gasteiger partial charge >= 0.3 is 0 Å². The molecule has 0 bridgehead atoms. The Labute approximate surface area is 87.4 Å². The first-order valence-electron chi connectivity index (χ1n) is 4.68. The third-order valence-corrected chi connectivity index (χ3v) is 3.93. The van der Waals surface area contributed by atoms with Crippen LogP contribution in [0.25, 0.3) is 0 Å². The monoisotopic (exact) mass is 216 g/mol. The second kappa shape index (κ2) is 3.99. The molecule has 0 aromatic carbocycles. The number of aliphatic hydroxyl groups is 1. The van der Waals surface area contributed by atoms with Gasteiger partial charge in [0.05, 0.1) is 10.4 Å². The minimum absolute atomic E-state index is 0.116. The quantitative estimate of drug-likeness (QED) is 0.763. The highest BCUT2D eigenvalue weighted by atomic mass is 35.5. The number of aliphatic hydroxyl groups excluding tert-OH is 1. The average Bonchev–Trinajstić information content (AvgIpc) is 2.51. The van der Waals surface area contributed by atoms with Crippen molar-refractivity contribution in [2.45, 2.75) is 37.7 Å². The molecule has 0 spiro atoms. The van der Waals surface area contributed by atoms with Crippen molar-refractivity contribution in [1.82, 2.24) is 0 Å². The maximum absolute atomic E-state index is 9.53. The van der Waals surface area contributed by atoms with Crippen molar-refractivity contribution in [2.75, 3.05) is 0 Å². The molecule has 72 valence electrons. The number of halogens is 1. The first-order chi connectivity index (χ1) is 6.27. The van der Waals surface area contributed by atoms with Crippen molar-refractivity contribution in [3.05, 3.63) is 21.3 Å². The fraction of sp³-hybridized carbons (Fsp3) is 0.600. The van der Waals surface area contributed by atoms with Gasteiger partial charge in [-0.25, -0.2) is 0 Å². The average molecular weight is 217 g/mol. The molecule has 1 aromatic rings. The number of thiophene rings is 1. The van der Waals surface area contributed by atoms with Gasteiger partial charge in [0.1, 0.15) is 0 Å². The molecule has 2 unspecified atom stereocenters. The Bertz CT molecular complexity index is 284. The second-order valence-corrected chi connectivity index (χ2v) is 5.19. The standard InChI is InChI=1S/C10H13ClOS/c11-10-9(4-5-13-10)7-2-1-3-8(12)6-7/h4-5,7-8,12H,1-3,6H2. The van der Waals surface area contributed by atoms with Crippen LogP contribution in [0.2, 0.25) is 4.34 Å². The van der Waals surface area contributed by atoms with Crippen LogP contribution in [0.1, 0.15) is 37.2 Å². The maximum atomic E-state index is 9.53. The van der Waals surface area contributed by atoms with Crippen molar-refractivity contribution in [1.29, 1.82) is 0 Å². The van der Waals surface area contributed by atoms with E-state index in [2.05, 4.69) is 6.07 Å². The van der Waals surface area contributed by atoms with Crippen LogP contribution in [0.4, 0.5) is 0 Å². The summed E-state index contributed by atoms with van der Waals surface area (Å²) in [6.45, 7) is 0. The van der Waals surface area contributed by atoms with Gasteiger partial charge in [-0.05, 0) is 42.2 Å². The zero-order chi connectivity index (χ0) is 9.26. The fourth-order valence-corrected chi connectivity index (χ4v) is 3.12. The molecule has 1 N–H and O–H groups in total. The minimum atomic E-state index is -0.116. The van der Waals surface area contributed by atoms with E-state index in [1.165, 1.54) is 12.0 Å². The molecule has 1 aromatic heterocycles. The molecule has 0 amide bonds. The molecular formula is C10H13ClOS. The third kappa shape index (κ3) is 2.06. The van der Waals surface area contributed by atoms with Crippen molar-refractivity contribution in [3.8, 4) is 0 Å². The minimum Gasteiger partial charge on any atom is -0.393 e. The van der Waals surface area contributed by atoms with Gasteiger partial charge in [0, 0.05) is 0 Å². The zero-order valence-electron chi connectivity index (χ0n) is 7.37. The third-order valence-electron chi connectivity index (χ3n) is 2.73. The summed E-state index contributed by atoms with van der Waals surface area (Å²) in [7, 11) is 0. The second-order valence-electron chi connectivity index (χ2n) is 3.67. The maximum Gasteiger partial charge on any atom is 0.0963 e. The predicted octanol–water partition coefficient (Wildman–Crippen LogP) is 3.42. The lowest BCUT2D eigenvalue weighted by molar-refractivity contribution is 0.119. The van der Waals surface area contributed by atoms with Gasteiger partial charge in [-0.15, -0.1) is 11.3 Å². The van der Waals surface area contributed by atoms with Gasteiger partial charge < -0.3 is 5.11 Å². The van der Waals surface area contributed by atoms with Crippen molar-refractivity contribution in [2.24, 2.45) is 0 Å². The summed E-state index contributed by atoms with van der Waals surface area (Å²) >= 11 is 7.64. The zero-order valence-corrected chi connectivity index (χ0v) is 8.94. The van der Waals surface area contributed by atoms with Crippen LogP contribution in [0.5, 0.6) is 0 Å². The van der Waals surface area contributed by atoms with E-state index >= 15 is 0 Å². The summed E-state index contributed by atoms with van der Waals surface area (Å²) in [6.07, 6.45) is 4.02. The number of hydrogen-bond acceptors (Lipinski definition) is 2. The Morgan fingerprint density at radius 2 is 2.31 bits per heavy atom. The van der Waals surface area contributed by atoms with Gasteiger partial charge in [-0.1, -0.05) is 18.0 Å². The van der Waals surface area contributed by atoms with Crippen LogP contribution in [0.15, 0.2) is 11.4 Å². The Kier molecular flexibility index (Phi) is 2.92. The molecule has 1 aliphatic carbocycles. The van der Waals surface area contributed by atoms with E-state index in [0.717, 1.165) is 23.6 Å². The summed E-state index contributed by atoms with van der Waals surface area (Å²) in [4.78, 5) is 0. The smallest absolute Gasteiger partial charge is 0.0963 e. The van der Waals surface area contributed by atoms with Gasteiger partial charge in [0.2, 0.25) is 0 Å². The molecule has 0 radical (unpaired) electrons. The van der Waals surface area contributed by atoms with Crippen molar-refractivity contribution >= 4 is 22.9 Å². The molecule has 2 rings (SSSR count). The molecule has 3 heteroatoms. The molecule has 0 saturated heterocycles. The largest absolute Gasteiger partial charge is 0.393 e. The van der Waals surface area contributed by atoms with Crippen molar-refractivity contribution in [3.63, 3.8) is 0 Å². The Hall–Kier alpha value is -0.0500. The lowest BCUT2D eigenvalue weighted by Crippen LogP contribution is -2.17. The van der Waals surface area contributed by atoms with E-state index in [4.69, 9.17) is 11.6 Å². The highest BCUT2D eigenvalue weighted by molar-refractivity contribution is 7.14. The molecular weight excluding hydrogens is 204 g/mol. The van der Waals surface area contributed by atoms with E-state index < -0.39 is 0 Å². The Morgan fingerprint density at radius 1 is 1.46 bits per heavy atom. The normalized spacial score (nSPS) is 29.1. The highest BCUT2D eigenvalue weighted by Crippen LogP contribution is 2.38. The van der Waals surface area contributed by atoms with Gasteiger partial charge in [-0.3, -0.25) is 0 Å². The molecule has 1 aliphatic rings. The Balaban J connectivity index is 2.12. The molecule has 1 saturated carbocycles. The van der Waals surface area contributed by atoms with Crippen molar-refractivity contribution < 1.29 is 5.11 Å². The lowest BCUT2D eigenvalue weighted by Gasteiger charge is -2.25. The van der Waals surface area contributed by atoms with Crippen LogP contribution in [0, 0.1) is 0 Å². The lowest BCUT2D eigenvalue weighted by atomic mass is 9.84. The van der Waals surface area contributed by atoms with E-state index in [1.54, 1.807) is 11.3 Å². The molecule has 1 heterocycles. The first kappa shape index (κ1) is 9.50. The van der Waals surface area contributed by atoms with Crippen LogP contribution >= 0.6 is 22.9 Å². The van der Waals surface area contributed by atoms with Crippen LogP contribution < -0.4 is 0 Å². The summed E-state index contributed by atoms with van der Waals surface area (Å²) < 4.78 is 0.902. The van der Waals surface area contributed by atoms with Crippen LogP contribution in [-0.4, -0.2) is 11.2 Å². The molecule has 2 atom stereocenters. The number of hydrogen-bond donors (Lipinski definition) is 1. The van der Waals surface area contributed by atoms with E-state index in [-0.39, 0.29) is 6.10 Å². The first-order valence-corrected chi connectivity index (χ1v) is 5.94. The summed E-state index contributed by atoms with van der Waals surface area (Å²) in [5.41, 5.74) is 1.24. The van der Waals surface area contributed by atoms with E-state index in [1.807, 2.05) is 5.38 Å². The summed E-state index contributed by atoms with van der Waals surface area (Å²) in [5, 5.41) is 11.6. The Morgan fingerprint density at radius 3 is 2.92 bits per heavy atom. The summed E-state index contributed by atoms with van der Waals surface area (Å²) in [5.74, 6) is 0.488. The SMILES string of the molecule is OC1CCCC(c2ccsc2Cl)C1. The van der Waals surface area contributed by atoms with Gasteiger partial charge in [0.25, 0.3) is 0 Å². The highest BCUT2D eigenvalue weighted by Gasteiger charge is 2.23. The van der Waals surface area contributed by atoms with Crippen LogP contribution in [0.3, 0.4) is 0 Å². The molecule has 1 fully saturated rings. The molecule has 1 nitrogen and oxygen atoms in total. The summed E-state index contributed by atoms with van der Waals surface area (Å²) in [6, 6.07) is 2.09. The molecule has 13 heavy (non-hydrogen) atoms. The topological polar surface area (TPSA) is 20.2 Å². The van der Waals surface area contributed by atoms with Gasteiger partial charge in [0.15, 0.2) is 0 Å². The van der Waals surface area contributed by atoms with Gasteiger partial charge in [-0.2, -0.15) is 0 Å². The number of rotatable bonds is 1.